The maximum absolute atomic E-state index is 12.4. The van der Waals surface area contributed by atoms with E-state index in [9.17, 15) is 8.42 Å². The first kappa shape index (κ1) is 15.3. The zero-order valence-corrected chi connectivity index (χ0v) is 12.7. The van der Waals surface area contributed by atoms with Crippen molar-refractivity contribution in [1.82, 2.24) is 4.72 Å². The lowest BCUT2D eigenvalue weighted by atomic mass is 10.0. The fraction of sp³-hybridized carbons (Fsp3) is 0.571. The van der Waals surface area contributed by atoms with Crippen LogP contribution >= 0.6 is 0 Å². The first-order valence-electron chi connectivity index (χ1n) is 6.96. The van der Waals surface area contributed by atoms with Crippen molar-refractivity contribution in [2.75, 3.05) is 25.5 Å². The SMILES string of the molecule is CCC1OCCC1CNS(=O)(=O)c1ccccc1NC. The third kappa shape index (κ3) is 3.31. The minimum atomic E-state index is -3.49. The van der Waals surface area contributed by atoms with Crippen LogP contribution < -0.4 is 10.0 Å². The molecule has 0 spiro atoms. The summed E-state index contributed by atoms with van der Waals surface area (Å²) in [5.74, 6) is 0.261. The Morgan fingerprint density at radius 2 is 2.10 bits per heavy atom. The Morgan fingerprint density at radius 3 is 2.80 bits per heavy atom. The van der Waals surface area contributed by atoms with Gasteiger partial charge in [0, 0.05) is 26.1 Å². The Hall–Kier alpha value is -1.11. The van der Waals surface area contributed by atoms with E-state index in [0.29, 0.717) is 12.2 Å². The Kier molecular flexibility index (Phi) is 5.01. The molecular weight excluding hydrogens is 276 g/mol. The number of hydrogen-bond acceptors (Lipinski definition) is 4. The molecule has 5 nitrogen and oxygen atoms in total. The number of para-hydroxylation sites is 1. The Morgan fingerprint density at radius 1 is 1.35 bits per heavy atom. The molecule has 1 aliphatic rings. The van der Waals surface area contributed by atoms with E-state index >= 15 is 0 Å². The molecule has 0 radical (unpaired) electrons. The molecule has 2 N–H and O–H groups in total. The molecule has 1 heterocycles. The van der Waals surface area contributed by atoms with E-state index in [4.69, 9.17) is 4.74 Å². The smallest absolute Gasteiger partial charge is 0.242 e. The standard InChI is InChI=1S/C14H22N2O3S/c1-3-13-11(8-9-19-13)10-16-20(17,18)14-7-5-4-6-12(14)15-2/h4-7,11,13,15-16H,3,8-10H2,1-2H3. The molecule has 2 atom stereocenters. The van der Waals surface area contributed by atoms with Crippen molar-refractivity contribution in [3.63, 3.8) is 0 Å². The molecule has 6 heteroatoms. The maximum Gasteiger partial charge on any atom is 0.242 e. The molecule has 112 valence electrons. The monoisotopic (exact) mass is 298 g/mol. The number of rotatable bonds is 6. The first-order chi connectivity index (χ1) is 9.58. The number of benzene rings is 1. The molecule has 1 aromatic rings. The van der Waals surface area contributed by atoms with Crippen molar-refractivity contribution in [1.29, 1.82) is 0 Å². The summed E-state index contributed by atoms with van der Waals surface area (Å²) >= 11 is 0. The van der Waals surface area contributed by atoms with Crippen LogP contribution in [-0.4, -0.2) is 34.7 Å². The molecule has 2 unspecified atom stereocenters. The fourth-order valence-electron chi connectivity index (χ4n) is 2.58. The lowest BCUT2D eigenvalue weighted by Gasteiger charge is -2.18. The predicted octanol–water partition coefficient (Wildman–Crippen LogP) is 1.82. The normalized spacial score (nSPS) is 22.9. The molecule has 1 aliphatic heterocycles. The highest BCUT2D eigenvalue weighted by molar-refractivity contribution is 7.89. The molecule has 0 amide bonds. The topological polar surface area (TPSA) is 67.4 Å². The Balaban J connectivity index is 2.08. The van der Waals surface area contributed by atoms with Gasteiger partial charge in [0.25, 0.3) is 0 Å². The summed E-state index contributed by atoms with van der Waals surface area (Å²) in [6, 6.07) is 6.89. The molecule has 1 saturated heterocycles. The maximum atomic E-state index is 12.4. The van der Waals surface area contributed by atoms with Gasteiger partial charge in [-0.15, -0.1) is 0 Å². The average molecular weight is 298 g/mol. The van der Waals surface area contributed by atoms with E-state index in [2.05, 4.69) is 17.0 Å². The molecule has 2 rings (SSSR count). The van der Waals surface area contributed by atoms with Crippen LogP contribution in [0.25, 0.3) is 0 Å². The van der Waals surface area contributed by atoms with Gasteiger partial charge in [-0.05, 0) is 25.0 Å². The third-order valence-corrected chi connectivity index (χ3v) is 5.21. The summed E-state index contributed by atoms with van der Waals surface area (Å²) in [4.78, 5) is 0.287. The highest BCUT2D eigenvalue weighted by atomic mass is 32.2. The van der Waals surface area contributed by atoms with E-state index in [1.165, 1.54) is 0 Å². The van der Waals surface area contributed by atoms with Crippen LogP contribution in [0.1, 0.15) is 19.8 Å². The number of anilines is 1. The zero-order chi connectivity index (χ0) is 14.6. The van der Waals surface area contributed by atoms with Gasteiger partial charge >= 0.3 is 0 Å². The van der Waals surface area contributed by atoms with Crippen molar-refractivity contribution in [3.05, 3.63) is 24.3 Å². The number of hydrogen-bond donors (Lipinski definition) is 2. The summed E-state index contributed by atoms with van der Waals surface area (Å²) in [6.45, 7) is 3.21. The summed E-state index contributed by atoms with van der Waals surface area (Å²) in [5, 5.41) is 2.91. The summed E-state index contributed by atoms with van der Waals surface area (Å²) < 4.78 is 33.0. The zero-order valence-electron chi connectivity index (χ0n) is 11.9. The van der Waals surface area contributed by atoms with Gasteiger partial charge in [-0.25, -0.2) is 13.1 Å². The van der Waals surface area contributed by atoms with Crippen molar-refractivity contribution in [2.24, 2.45) is 5.92 Å². The largest absolute Gasteiger partial charge is 0.387 e. The number of sulfonamides is 1. The second-order valence-electron chi connectivity index (χ2n) is 4.96. The molecule has 0 bridgehead atoms. The Labute approximate surface area is 120 Å². The van der Waals surface area contributed by atoms with Crippen molar-refractivity contribution < 1.29 is 13.2 Å². The minimum absolute atomic E-state index is 0.164. The highest BCUT2D eigenvalue weighted by Gasteiger charge is 2.28. The van der Waals surface area contributed by atoms with Crippen molar-refractivity contribution in [2.45, 2.75) is 30.8 Å². The molecule has 1 fully saturated rings. The predicted molar refractivity (Wildman–Crippen MR) is 79.3 cm³/mol. The van der Waals surface area contributed by atoms with E-state index < -0.39 is 10.0 Å². The molecule has 1 aromatic carbocycles. The van der Waals surface area contributed by atoms with Crippen LogP contribution in [0.2, 0.25) is 0 Å². The number of nitrogens with one attached hydrogen (secondary N) is 2. The minimum Gasteiger partial charge on any atom is -0.387 e. The van der Waals surface area contributed by atoms with E-state index in [1.54, 1.807) is 25.2 Å². The van der Waals surface area contributed by atoms with E-state index in [1.807, 2.05) is 6.07 Å². The van der Waals surface area contributed by atoms with Gasteiger partial charge in [0.1, 0.15) is 4.90 Å². The second-order valence-corrected chi connectivity index (χ2v) is 6.70. The van der Waals surface area contributed by atoms with Crippen LogP contribution in [0.15, 0.2) is 29.2 Å². The van der Waals surface area contributed by atoms with Gasteiger partial charge in [0.05, 0.1) is 11.8 Å². The average Bonchev–Trinajstić information content (AvgIpc) is 2.92. The highest BCUT2D eigenvalue weighted by Crippen LogP contribution is 2.24. The quantitative estimate of drug-likeness (QED) is 0.840. The summed E-state index contributed by atoms with van der Waals surface area (Å²) in [6.07, 6.45) is 1.99. The van der Waals surface area contributed by atoms with Crippen LogP contribution in [-0.2, 0) is 14.8 Å². The third-order valence-electron chi connectivity index (χ3n) is 3.73. The fourth-order valence-corrected chi connectivity index (χ4v) is 3.89. The molecule has 0 aliphatic carbocycles. The summed E-state index contributed by atoms with van der Waals surface area (Å²) in [5.41, 5.74) is 0.606. The lowest BCUT2D eigenvalue weighted by molar-refractivity contribution is 0.0884. The molecular formula is C14H22N2O3S. The van der Waals surface area contributed by atoms with Gasteiger partial charge in [0.2, 0.25) is 10.0 Å². The number of ether oxygens (including phenoxy) is 1. The summed E-state index contributed by atoms with van der Waals surface area (Å²) in [7, 11) is -1.78. The van der Waals surface area contributed by atoms with Gasteiger partial charge in [-0.2, -0.15) is 0 Å². The van der Waals surface area contributed by atoms with E-state index in [0.717, 1.165) is 19.4 Å². The van der Waals surface area contributed by atoms with Gasteiger partial charge < -0.3 is 10.1 Å². The molecule has 0 aromatic heterocycles. The van der Waals surface area contributed by atoms with Crippen LogP contribution in [0.3, 0.4) is 0 Å². The van der Waals surface area contributed by atoms with Gasteiger partial charge in [-0.1, -0.05) is 19.1 Å². The molecule has 0 saturated carbocycles. The van der Waals surface area contributed by atoms with Crippen molar-refractivity contribution in [3.8, 4) is 0 Å². The van der Waals surface area contributed by atoms with Gasteiger partial charge in [-0.3, -0.25) is 0 Å². The van der Waals surface area contributed by atoms with Crippen molar-refractivity contribution >= 4 is 15.7 Å². The van der Waals surface area contributed by atoms with Crippen LogP contribution in [0.4, 0.5) is 5.69 Å². The molecule has 20 heavy (non-hydrogen) atoms. The lowest BCUT2D eigenvalue weighted by Crippen LogP contribution is -2.33. The van der Waals surface area contributed by atoms with Crippen LogP contribution in [0.5, 0.6) is 0 Å². The van der Waals surface area contributed by atoms with Crippen LogP contribution in [0, 0.1) is 5.92 Å². The second kappa shape index (κ2) is 6.56. The first-order valence-corrected chi connectivity index (χ1v) is 8.45. The van der Waals surface area contributed by atoms with E-state index in [-0.39, 0.29) is 16.9 Å². The van der Waals surface area contributed by atoms with Gasteiger partial charge in [0.15, 0.2) is 0 Å². The Bertz CT molecular complexity index is 545.